The molecule has 2 fully saturated rings. The summed E-state index contributed by atoms with van der Waals surface area (Å²) in [5.74, 6) is 1.31. The van der Waals surface area contributed by atoms with Crippen LogP contribution in [0.25, 0.3) is 0 Å². The molecular weight excluding hydrogens is 540 g/mol. The SMILES string of the molecule is COc1cc(OC)cc(N2CCN(C(=O)C3=CC4(CCN(S(=O)(=O)c5ccc(Cl)s5)CC4)ON3)CC2)c1. The van der Waals surface area contributed by atoms with Crippen molar-refractivity contribution in [3.05, 3.63) is 46.4 Å². The zero-order valence-electron chi connectivity index (χ0n) is 20.6. The highest BCUT2D eigenvalue weighted by molar-refractivity contribution is 7.91. The van der Waals surface area contributed by atoms with E-state index in [1.54, 1.807) is 25.2 Å². The van der Waals surface area contributed by atoms with Gasteiger partial charge in [0.1, 0.15) is 27.0 Å². The highest BCUT2D eigenvalue weighted by atomic mass is 35.5. The van der Waals surface area contributed by atoms with Crippen molar-refractivity contribution in [3.8, 4) is 11.5 Å². The molecule has 37 heavy (non-hydrogen) atoms. The Morgan fingerprint density at radius 1 is 1.03 bits per heavy atom. The average Bonchev–Trinajstić information content (AvgIpc) is 3.55. The zero-order valence-corrected chi connectivity index (χ0v) is 23.0. The second kappa shape index (κ2) is 10.3. The lowest BCUT2D eigenvalue weighted by Gasteiger charge is -2.36. The third-order valence-electron chi connectivity index (χ3n) is 6.98. The van der Waals surface area contributed by atoms with Crippen LogP contribution in [0.15, 0.2) is 46.3 Å². The molecule has 0 radical (unpaired) electrons. The van der Waals surface area contributed by atoms with E-state index in [0.717, 1.165) is 17.0 Å². The summed E-state index contributed by atoms with van der Waals surface area (Å²) in [6, 6.07) is 8.86. The summed E-state index contributed by atoms with van der Waals surface area (Å²) in [7, 11) is -0.357. The van der Waals surface area contributed by atoms with E-state index in [0.29, 0.717) is 73.6 Å². The normalized spacial score (nSPS) is 20.0. The maximum absolute atomic E-state index is 13.2. The van der Waals surface area contributed by atoms with Crippen LogP contribution < -0.4 is 19.9 Å². The van der Waals surface area contributed by atoms with E-state index >= 15 is 0 Å². The first-order valence-corrected chi connectivity index (χ1v) is 14.6. The summed E-state index contributed by atoms with van der Waals surface area (Å²) in [6.45, 7) is 3.03. The van der Waals surface area contributed by atoms with Gasteiger partial charge < -0.3 is 19.3 Å². The number of piperazine rings is 1. The largest absolute Gasteiger partial charge is 0.497 e. The smallest absolute Gasteiger partial charge is 0.272 e. The van der Waals surface area contributed by atoms with Crippen molar-refractivity contribution in [1.29, 1.82) is 0 Å². The molecule has 0 bridgehead atoms. The van der Waals surface area contributed by atoms with Gasteiger partial charge in [0.15, 0.2) is 0 Å². The summed E-state index contributed by atoms with van der Waals surface area (Å²) in [5, 5.41) is 0. The second-order valence-electron chi connectivity index (χ2n) is 9.14. The van der Waals surface area contributed by atoms with Crippen LogP contribution in [-0.2, 0) is 19.7 Å². The van der Waals surface area contributed by atoms with Crippen LogP contribution in [0.4, 0.5) is 5.69 Å². The molecule has 5 rings (SSSR count). The molecule has 2 aromatic rings. The fourth-order valence-electron chi connectivity index (χ4n) is 4.81. The number of ether oxygens (including phenoxy) is 2. The molecule has 1 N–H and O–H groups in total. The Morgan fingerprint density at radius 3 is 2.24 bits per heavy atom. The molecule has 1 aromatic heterocycles. The highest BCUT2D eigenvalue weighted by Crippen LogP contribution is 2.36. The average molecular weight is 569 g/mol. The molecule has 0 atom stereocenters. The Labute approximate surface area is 225 Å². The number of anilines is 1. The van der Waals surface area contributed by atoms with Gasteiger partial charge in [-0.2, -0.15) is 4.31 Å². The third-order valence-corrected chi connectivity index (χ3v) is 10.6. The first-order valence-electron chi connectivity index (χ1n) is 11.9. The Balaban J connectivity index is 1.19. The number of piperidine rings is 1. The molecular formula is C24H29ClN4O6S2. The van der Waals surface area contributed by atoms with E-state index in [1.165, 1.54) is 10.4 Å². The number of hydrogen-bond donors (Lipinski definition) is 1. The van der Waals surface area contributed by atoms with Gasteiger partial charge in [-0.15, -0.1) is 11.3 Å². The number of carbonyl (C=O) groups excluding carboxylic acids is 1. The van der Waals surface area contributed by atoms with Crippen LogP contribution >= 0.6 is 22.9 Å². The molecule has 3 aliphatic heterocycles. The summed E-state index contributed by atoms with van der Waals surface area (Å²) < 4.78 is 38.7. The molecule has 3 aliphatic rings. The van der Waals surface area contributed by atoms with Gasteiger partial charge in [-0.1, -0.05) is 11.6 Å². The van der Waals surface area contributed by atoms with Crippen molar-refractivity contribution >= 4 is 44.6 Å². The van der Waals surface area contributed by atoms with Crippen molar-refractivity contribution in [2.75, 3.05) is 58.4 Å². The number of nitrogens with zero attached hydrogens (tertiary/aromatic N) is 3. The van der Waals surface area contributed by atoms with Crippen LogP contribution in [-0.4, -0.2) is 82.6 Å². The zero-order chi connectivity index (χ0) is 26.2. The quantitative estimate of drug-likeness (QED) is 0.568. The van der Waals surface area contributed by atoms with Crippen molar-refractivity contribution in [1.82, 2.24) is 14.7 Å². The Hall–Kier alpha value is -2.51. The lowest BCUT2D eigenvalue weighted by molar-refractivity contribution is -0.129. The summed E-state index contributed by atoms with van der Waals surface area (Å²) in [6.07, 6.45) is 2.71. The van der Waals surface area contributed by atoms with Gasteiger partial charge in [0.05, 0.1) is 18.6 Å². The summed E-state index contributed by atoms with van der Waals surface area (Å²) in [4.78, 5) is 23.1. The molecule has 10 nitrogen and oxygen atoms in total. The van der Waals surface area contributed by atoms with Crippen LogP contribution in [0, 0.1) is 0 Å². The number of rotatable bonds is 6. The number of nitrogens with one attached hydrogen (secondary N) is 1. The monoisotopic (exact) mass is 568 g/mol. The van der Waals surface area contributed by atoms with Gasteiger partial charge in [0, 0.05) is 63.2 Å². The van der Waals surface area contributed by atoms with Crippen molar-refractivity contribution in [2.45, 2.75) is 22.7 Å². The predicted octanol–water partition coefficient (Wildman–Crippen LogP) is 2.71. The van der Waals surface area contributed by atoms with Gasteiger partial charge in [0.2, 0.25) is 0 Å². The molecule has 0 unspecified atom stereocenters. The maximum Gasteiger partial charge on any atom is 0.272 e. The maximum atomic E-state index is 13.2. The Kier molecular flexibility index (Phi) is 7.29. The molecule has 4 heterocycles. The minimum atomic E-state index is -3.60. The molecule has 1 spiro atoms. The van der Waals surface area contributed by atoms with Gasteiger partial charge in [-0.25, -0.2) is 8.42 Å². The number of methoxy groups -OCH3 is 2. The Morgan fingerprint density at radius 2 is 1.68 bits per heavy atom. The molecule has 1 amide bonds. The van der Waals surface area contributed by atoms with E-state index in [2.05, 4.69) is 10.4 Å². The first-order chi connectivity index (χ1) is 17.7. The van der Waals surface area contributed by atoms with Crippen LogP contribution in [0.2, 0.25) is 4.34 Å². The molecule has 2 saturated heterocycles. The minimum Gasteiger partial charge on any atom is -0.497 e. The molecule has 0 aliphatic carbocycles. The van der Waals surface area contributed by atoms with Crippen LogP contribution in [0.3, 0.4) is 0 Å². The minimum absolute atomic E-state index is 0.122. The number of carbonyl (C=O) groups is 1. The highest BCUT2D eigenvalue weighted by Gasteiger charge is 2.43. The fourth-order valence-corrected chi connectivity index (χ4v) is 7.89. The Bertz CT molecular complexity index is 1280. The molecule has 1 aromatic carbocycles. The molecule has 0 saturated carbocycles. The fraction of sp³-hybridized carbons (Fsp3) is 0.458. The molecule has 13 heteroatoms. The van der Waals surface area contributed by atoms with Crippen molar-refractivity contribution in [2.24, 2.45) is 0 Å². The third kappa shape index (κ3) is 5.26. The number of benzene rings is 1. The lowest BCUT2D eigenvalue weighted by atomic mass is 9.92. The second-order valence-corrected chi connectivity index (χ2v) is 13.0. The van der Waals surface area contributed by atoms with Crippen LogP contribution in [0.5, 0.6) is 11.5 Å². The number of hydrogen-bond acceptors (Lipinski definition) is 9. The van der Waals surface area contributed by atoms with E-state index < -0.39 is 15.6 Å². The van der Waals surface area contributed by atoms with E-state index in [1.807, 2.05) is 24.3 Å². The van der Waals surface area contributed by atoms with E-state index in [9.17, 15) is 13.2 Å². The molecule has 200 valence electrons. The van der Waals surface area contributed by atoms with Crippen molar-refractivity contribution < 1.29 is 27.5 Å². The predicted molar refractivity (Wildman–Crippen MR) is 141 cm³/mol. The van der Waals surface area contributed by atoms with Crippen LogP contribution in [0.1, 0.15) is 12.8 Å². The number of halogens is 1. The first kappa shape index (κ1) is 26.1. The van der Waals surface area contributed by atoms with Crippen molar-refractivity contribution in [3.63, 3.8) is 0 Å². The number of hydroxylamine groups is 1. The topological polar surface area (TPSA) is 101 Å². The standard InChI is InChI=1S/C24H29ClN4O6S2/c1-33-18-13-17(14-19(15-18)34-2)27-9-11-28(12-10-27)23(30)20-16-24(35-26-20)5-7-29(8-6-24)37(31,32)22-4-3-21(25)36-22/h3-4,13-16,26H,5-12H2,1-2H3. The van der Waals surface area contributed by atoms with Gasteiger partial charge in [-0.3, -0.25) is 15.1 Å². The lowest BCUT2D eigenvalue weighted by Crippen LogP contribution is -2.49. The summed E-state index contributed by atoms with van der Waals surface area (Å²) in [5.41, 5.74) is 3.49. The van der Waals surface area contributed by atoms with E-state index in [-0.39, 0.29) is 10.1 Å². The number of thiophene rings is 1. The van der Waals surface area contributed by atoms with Gasteiger partial charge in [0.25, 0.3) is 15.9 Å². The van der Waals surface area contributed by atoms with Gasteiger partial charge >= 0.3 is 0 Å². The number of sulfonamides is 1. The summed E-state index contributed by atoms with van der Waals surface area (Å²) >= 11 is 6.98. The van der Waals surface area contributed by atoms with Gasteiger partial charge in [-0.05, 0) is 31.1 Å². The number of amides is 1. The van der Waals surface area contributed by atoms with E-state index in [4.69, 9.17) is 25.9 Å².